The van der Waals surface area contributed by atoms with Gasteiger partial charge in [0.2, 0.25) is 0 Å². The Labute approximate surface area is 86.8 Å². The molecule has 2 fully saturated rings. The summed E-state index contributed by atoms with van der Waals surface area (Å²) >= 11 is 0. The molecule has 1 unspecified atom stereocenters. The number of hydrogen-bond donors (Lipinski definition) is 1. The number of nitrogens with one attached hydrogen (secondary N) is 1. The summed E-state index contributed by atoms with van der Waals surface area (Å²) in [5, 5.41) is 3.48. The van der Waals surface area contributed by atoms with Gasteiger partial charge in [-0.1, -0.05) is 0 Å². The molecule has 2 rings (SSSR count). The van der Waals surface area contributed by atoms with Crippen molar-refractivity contribution in [3.63, 3.8) is 0 Å². The van der Waals surface area contributed by atoms with Gasteiger partial charge in [-0.15, -0.1) is 0 Å². The molecule has 0 spiro atoms. The van der Waals surface area contributed by atoms with Gasteiger partial charge in [0.05, 0.1) is 6.61 Å². The smallest absolute Gasteiger partial charge is 0.0506 e. The molecule has 0 radical (unpaired) electrons. The average Bonchev–Trinajstić information content (AvgIpc) is 2.19. The van der Waals surface area contributed by atoms with Crippen LogP contribution in [0.15, 0.2) is 0 Å². The maximum absolute atomic E-state index is 5.51. The van der Waals surface area contributed by atoms with E-state index in [-0.39, 0.29) is 0 Å². The van der Waals surface area contributed by atoms with Crippen molar-refractivity contribution in [3.05, 3.63) is 0 Å². The molecule has 3 heteroatoms. The minimum atomic E-state index is 0.660. The van der Waals surface area contributed by atoms with Gasteiger partial charge in [0.25, 0.3) is 0 Å². The third-order valence-corrected chi connectivity index (χ3v) is 3.22. The normalized spacial score (nSPS) is 35.8. The highest BCUT2D eigenvalue weighted by atomic mass is 16.5. The standard InChI is InChI=1S/C11H22N2O/c1-10-7-13(5-4-12-10)8-11-3-2-6-14-9-11/h10-12H,2-9H2,1H3/t10-,11?/m0/s1. The molecule has 2 saturated heterocycles. The van der Waals surface area contributed by atoms with E-state index < -0.39 is 0 Å². The lowest BCUT2D eigenvalue weighted by Gasteiger charge is -2.35. The lowest BCUT2D eigenvalue weighted by atomic mass is 10.0. The van der Waals surface area contributed by atoms with Crippen molar-refractivity contribution < 1.29 is 4.74 Å². The van der Waals surface area contributed by atoms with Crippen LogP contribution in [-0.4, -0.2) is 50.3 Å². The maximum Gasteiger partial charge on any atom is 0.0506 e. The molecule has 2 atom stereocenters. The van der Waals surface area contributed by atoms with Crippen LogP contribution < -0.4 is 5.32 Å². The predicted molar refractivity (Wildman–Crippen MR) is 57.4 cm³/mol. The lowest BCUT2D eigenvalue weighted by molar-refractivity contribution is 0.0344. The summed E-state index contributed by atoms with van der Waals surface area (Å²) in [4.78, 5) is 2.58. The Hall–Kier alpha value is -0.120. The maximum atomic E-state index is 5.51. The van der Waals surface area contributed by atoms with Gasteiger partial charge < -0.3 is 15.0 Å². The largest absolute Gasteiger partial charge is 0.381 e. The molecule has 0 aliphatic carbocycles. The van der Waals surface area contributed by atoms with Crippen molar-refractivity contribution in [2.75, 3.05) is 39.4 Å². The molecule has 2 aliphatic rings. The Bertz CT molecular complexity index is 169. The SMILES string of the molecule is C[C@H]1CN(CC2CCCOC2)CCN1. The van der Waals surface area contributed by atoms with E-state index in [0.29, 0.717) is 6.04 Å². The zero-order valence-electron chi connectivity index (χ0n) is 9.17. The predicted octanol–water partition coefficient (Wildman–Crippen LogP) is 0.707. The first-order valence-corrected chi connectivity index (χ1v) is 5.88. The van der Waals surface area contributed by atoms with E-state index in [1.807, 2.05) is 0 Å². The molecular weight excluding hydrogens is 176 g/mol. The fourth-order valence-electron chi connectivity index (χ4n) is 2.49. The number of rotatable bonds is 2. The Morgan fingerprint density at radius 2 is 2.43 bits per heavy atom. The van der Waals surface area contributed by atoms with E-state index >= 15 is 0 Å². The summed E-state index contributed by atoms with van der Waals surface area (Å²) in [6.07, 6.45) is 2.62. The summed E-state index contributed by atoms with van der Waals surface area (Å²) in [5.41, 5.74) is 0. The first kappa shape index (κ1) is 10.4. The highest BCUT2D eigenvalue weighted by Crippen LogP contribution is 2.15. The van der Waals surface area contributed by atoms with Crippen molar-refractivity contribution in [1.29, 1.82) is 0 Å². The fourth-order valence-corrected chi connectivity index (χ4v) is 2.49. The van der Waals surface area contributed by atoms with Crippen LogP contribution in [0.25, 0.3) is 0 Å². The second-order valence-corrected chi connectivity index (χ2v) is 4.70. The second-order valence-electron chi connectivity index (χ2n) is 4.70. The quantitative estimate of drug-likeness (QED) is 0.707. The molecule has 0 aromatic heterocycles. The van der Waals surface area contributed by atoms with Crippen LogP contribution in [0.3, 0.4) is 0 Å². The third-order valence-electron chi connectivity index (χ3n) is 3.22. The molecule has 0 saturated carbocycles. The summed E-state index contributed by atoms with van der Waals surface area (Å²) in [7, 11) is 0. The van der Waals surface area contributed by atoms with Crippen LogP contribution in [0, 0.1) is 5.92 Å². The van der Waals surface area contributed by atoms with Crippen LogP contribution in [0.5, 0.6) is 0 Å². The van der Waals surface area contributed by atoms with Gasteiger partial charge in [-0.05, 0) is 25.7 Å². The van der Waals surface area contributed by atoms with Crippen molar-refractivity contribution in [3.8, 4) is 0 Å². The van der Waals surface area contributed by atoms with Gasteiger partial charge in [-0.3, -0.25) is 0 Å². The molecule has 0 bridgehead atoms. The number of nitrogens with zero attached hydrogens (tertiary/aromatic N) is 1. The van der Waals surface area contributed by atoms with E-state index in [0.717, 1.165) is 25.7 Å². The molecule has 1 N–H and O–H groups in total. The van der Waals surface area contributed by atoms with E-state index in [2.05, 4.69) is 17.1 Å². The average molecular weight is 198 g/mol. The zero-order valence-corrected chi connectivity index (χ0v) is 9.17. The van der Waals surface area contributed by atoms with Crippen LogP contribution in [0.2, 0.25) is 0 Å². The minimum absolute atomic E-state index is 0.660. The van der Waals surface area contributed by atoms with Crippen LogP contribution in [0.1, 0.15) is 19.8 Å². The molecule has 14 heavy (non-hydrogen) atoms. The number of ether oxygens (including phenoxy) is 1. The topological polar surface area (TPSA) is 24.5 Å². The Balaban J connectivity index is 1.72. The number of piperazine rings is 1. The van der Waals surface area contributed by atoms with Crippen LogP contribution in [0.4, 0.5) is 0 Å². The first-order chi connectivity index (χ1) is 6.84. The number of hydrogen-bond acceptors (Lipinski definition) is 3. The van der Waals surface area contributed by atoms with Gasteiger partial charge in [0.1, 0.15) is 0 Å². The van der Waals surface area contributed by atoms with Crippen molar-refractivity contribution in [1.82, 2.24) is 10.2 Å². The molecule has 0 amide bonds. The van der Waals surface area contributed by atoms with E-state index in [4.69, 9.17) is 4.74 Å². The van der Waals surface area contributed by atoms with Gasteiger partial charge >= 0.3 is 0 Å². The van der Waals surface area contributed by atoms with Crippen molar-refractivity contribution >= 4 is 0 Å². The van der Waals surface area contributed by atoms with Crippen LogP contribution >= 0.6 is 0 Å². The molecular formula is C11H22N2O. The van der Waals surface area contributed by atoms with Crippen LogP contribution in [-0.2, 0) is 4.74 Å². The zero-order chi connectivity index (χ0) is 9.80. The molecule has 3 nitrogen and oxygen atoms in total. The summed E-state index contributed by atoms with van der Waals surface area (Å²) < 4.78 is 5.51. The van der Waals surface area contributed by atoms with Crippen molar-refractivity contribution in [2.45, 2.75) is 25.8 Å². The second kappa shape index (κ2) is 5.10. The monoisotopic (exact) mass is 198 g/mol. The van der Waals surface area contributed by atoms with E-state index in [1.165, 1.54) is 32.5 Å². The van der Waals surface area contributed by atoms with E-state index in [9.17, 15) is 0 Å². The minimum Gasteiger partial charge on any atom is -0.381 e. The Morgan fingerprint density at radius 3 is 3.14 bits per heavy atom. The first-order valence-electron chi connectivity index (χ1n) is 5.88. The van der Waals surface area contributed by atoms with Crippen molar-refractivity contribution in [2.24, 2.45) is 5.92 Å². The van der Waals surface area contributed by atoms with Gasteiger partial charge in [-0.25, -0.2) is 0 Å². The molecule has 82 valence electrons. The van der Waals surface area contributed by atoms with E-state index in [1.54, 1.807) is 0 Å². The van der Waals surface area contributed by atoms with Gasteiger partial charge in [0.15, 0.2) is 0 Å². The summed E-state index contributed by atoms with van der Waals surface area (Å²) in [5.74, 6) is 0.786. The summed E-state index contributed by atoms with van der Waals surface area (Å²) in [6.45, 7) is 9.04. The molecule has 2 heterocycles. The highest BCUT2D eigenvalue weighted by molar-refractivity contribution is 4.77. The van der Waals surface area contributed by atoms with Gasteiger partial charge in [0, 0.05) is 38.8 Å². The Kier molecular flexibility index (Phi) is 3.79. The Morgan fingerprint density at radius 1 is 1.50 bits per heavy atom. The van der Waals surface area contributed by atoms with Gasteiger partial charge in [-0.2, -0.15) is 0 Å². The lowest BCUT2D eigenvalue weighted by Crippen LogP contribution is -2.50. The highest BCUT2D eigenvalue weighted by Gasteiger charge is 2.21. The molecule has 0 aromatic rings. The molecule has 2 aliphatic heterocycles. The fraction of sp³-hybridized carbons (Fsp3) is 1.00. The molecule has 0 aromatic carbocycles. The third kappa shape index (κ3) is 2.94. The summed E-state index contributed by atoms with van der Waals surface area (Å²) in [6, 6.07) is 0.660.